The molecule has 1 saturated carbocycles. The first-order valence-electron chi connectivity index (χ1n) is 5.04. The largest absolute Gasteiger partial charge is 0.314 e. The lowest BCUT2D eigenvalue weighted by Gasteiger charge is -2.29. The van der Waals surface area contributed by atoms with Crippen LogP contribution in [0.5, 0.6) is 0 Å². The molecule has 1 unspecified atom stereocenters. The first-order chi connectivity index (χ1) is 5.88. The Labute approximate surface area is 75.5 Å². The number of nitrogens with one attached hydrogen (secondary N) is 1. The van der Waals surface area contributed by atoms with Crippen LogP contribution >= 0.6 is 0 Å². The summed E-state index contributed by atoms with van der Waals surface area (Å²) < 4.78 is 0. The number of hydrogen-bond acceptors (Lipinski definition) is 2. The summed E-state index contributed by atoms with van der Waals surface area (Å²) in [6, 6.07) is 0.687. The van der Waals surface area contributed by atoms with E-state index in [0.29, 0.717) is 12.0 Å². The van der Waals surface area contributed by atoms with E-state index in [-0.39, 0.29) is 0 Å². The molecule has 0 aliphatic heterocycles. The van der Waals surface area contributed by atoms with Crippen molar-refractivity contribution < 1.29 is 0 Å². The third-order valence-corrected chi connectivity index (χ3v) is 2.63. The summed E-state index contributed by atoms with van der Waals surface area (Å²) in [6.45, 7) is 3.26. The van der Waals surface area contributed by atoms with Gasteiger partial charge in [0.1, 0.15) is 0 Å². The maximum atomic E-state index is 4.13. The van der Waals surface area contributed by atoms with E-state index in [1.807, 2.05) is 7.05 Å². The average Bonchev–Trinajstić information content (AvgIpc) is 2.09. The normalized spacial score (nSPS) is 31.2. The van der Waals surface area contributed by atoms with Crippen molar-refractivity contribution in [1.29, 1.82) is 0 Å². The molecule has 2 heteroatoms. The van der Waals surface area contributed by atoms with Gasteiger partial charge in [0, 0.05) is 25.2 Å². The van der Waals surface area contributed by atoms with Crippen molar-refractivity contribution in [3.8, 4) is 0 Å². The monoisotopic (exact) mass is 168 g/mol. The summed E-state index contributed by atoms with van der Waals surface area (Å²) >= 11 is 0. The van der Waals surface area contributed by atoms with Gasteiger partial charge in [-0.2, -0.15) is 0 Å². The topological polar surface area (TPSA) is 24.4 Å². The first-order valence-corrected chi connectivity index (χ1v) is 5.04. The summed E-state index contributed by atoms with van der Waals surface area (Å²) in [4.78, 5) is 4.13. The van der Waals surface area contributed by atoms with Crippen molar-refractivity contribution in [3.05, 3.63) is 0 Å². The minimum absolute atomic E-state index is 0.684. The molecule has 1 N–H and O–H groups in total. The van der Waals surface area contributed by atoms with Gasteiger partial charge >= 0.3 is 0 Å². The molecule has 0 aromatic carbocycles. The molecule has 0 aromatic rings. The van der Waals surface area contributed by atoms with Gasteiger partial charge in [0.2, 0.25) is 0 Å². The van der Waals surface area contributed by atoms with Gasteiger partial charge in [-0.15, -0.1) is 0 Å². The summed E-state index contributed by atoms with van der Waals surface area (Å²) in [6.07, 6.45) is 7.51. The smallest absolute Gasteiger partial charge is 0.0273 e. The van der Waals surface area contributed by atoms with Crippen LogP contribution in [0.1, 0.15) is 32.6 Å². The Morgan fingerprint density at radius 2 is 2.17 bits per heavy atom. The van der Waals surface area contributed by atoms with E-state index in [1.165, 1.54) is 25.7 Å². The van der Waals surface area contributed by atoms with Crippen molar-refractivity contribution in [2.45, 2.75) is 38.6 Å². The summed E-state index contributed by atoms with van der Waals surface area (Å²) in [5, 5.41) is 3.53. The van der Waals surface area contributed by atoms with Gasteiger partial charge in [-0.25, -0.2) is 0 Å². The van der Waals surface area contributed by atoms with E-state index < -0.39 is 0 Å². The zero-order valence-electron chi connectivity index (χ0n) is 8.21. The quantitative estimate of drug-likeness (QED) is 0.639. The average molecular weight is 168 g/mol. The first kappa shape index (κ1) is 9.72. The molecule has 2 nitrogen and oxygen atoms in total. The van der Waals surface area contributed by atoms with Gasteiger partial charge in [0.05, 0.1) is 0 Å². The molecule has 0 amide bonds. The van der Waals surface area contributed by atoms with Crippen molar-refractivity contribution in [1.82, 2.24) is 5.32 Å². The maximum absolute atomic E-state index is 4.13. The molecular weight excluding hydrogens is 148 g/mol. The van der Waals surface area contributed by atoms with E-state index in [0.717, 1.165) is 6.54 Å². The molecule has 12 heavy (non-hydrogen) atoms. The van der Waals surface area contributed by atoms with Crippen LogP contribution in [-0.2, 0) is 0 Å². The molecule has 0 spiro atoms. The van der Waals surface area contributed by atoms with Gasteiger partial charge in [-0.3, -0.25) is 0 Å². The molecule has 0 bridgehead atoms. The SMILES string of the molecule is CCN[C@H]1CCCCC1C=NC. The highest BCUT2D eigenvalue weighted by Crippen LogP contribution is 2.22. The van der Waals surface area contributed by atoms with E-state index in [9.17, 15) is 0 Å². The van der Waals surface area contributed by atoms with Crippen LogP contribution in [0.3, 0.4) is 0 Å². The molecule has 0 radical (unpaired) electrons. The van der Waals surface area contributed by atoms with Gasteiger partial charge < -0.3 is 10.3 Å². The molecule has 0 heterocycles. The molecule has 70 valence electrons. The predicted octanol–water partition coefficient (Wildman–Crippen LogP) is 1.86. The fourth-order valence-electron chi connectivity index (χ4n) is 2.05. The van der Waals surface area contributed by atoms with Crippen LogP contribution in [-0.4, -0.2) is 25.8 Å². The number of aliphatic imine (C=N–C) groups is 1. The number of nitrogens with zero attached hydrogens (tertiary/aromatic N) is 1. The summed E-state index contributed by atoms with van der Waals surface area (Å²) in [5.74, 6) is 0.684. The molecule has 0 aromatic heterocycles. The Morgan fingerprint density at radius 1 is 1.42 bits per heavy atom. The predicted molar refractivity (Wildman–Crippen MR) is 53.8 cm³/mol. The van der Waals surface area contributed by atoms with E-state index >= 15 is 0 Å². The molecule has 0 saturated heterocycles. The Hall–Kier alpha value is -0.370. The van der Waals surface area contributed by atoms with E-state index in [1.54, 1.807) is 0 Å². The zero-order valence-corrected chi connectivity index (χ0v) is 8.21. The molecule has 1 rings (SSSR count). The van der Waals surface area contributed by atoms with Gasteiger partial charge in [0.15, 0.2) is 0 Å². The fraction of sp³-hybridized carbons (Fsp3) is 0.900. The second kappa shape index (κ2) is 5.31. The third kappa shape index (κ3) is 2.59. The highest BCUT2D eigenvalue weighted by molar-refractivity contribution is 5.61. The molecule has 1 aliphatic rings. The maximum Gasteiger partial charge on any atom is 0.0273 e. The molecular formula is C10H20N2. The van der Waals surface area contributed by atoms with Crippen molar-refractivity contribution in [2.24, 2.45) is 10.9 Å². The number of rotatable bonds is 3. The Bertz CT molecular complexity index is 141. The van der Waals surface area contributed by atoms with Gasteiger partial charge in [0.25, 0.3) is 0 Å². The van der Waals surface area contributed by atoms with Crippen LogP contribution in [0.4, 0.5) is 0 Å². The summed E-state index contributed by atoms with van der Waals surface area (Å²) in [7, 11) is 1.87. The molecule has 2 atom stereocenters. The van der Waals surface area contributed by atoms with Crippen molar-refractivity contribution in [2.75, 3.05) is 13.6 Å². The van der Waals surface area contributed by atoms with Crippen LogP contribution in [0.25, 0.3) is 0 Å². The fourth-order valence-corrected chi connectivity index (χ4v) is 2.05. The Kier molecular flexibility index (Phi) is 4.30. The highest BCUT2D eigenvalue weighted by atomic mass is 14.9. The van der Waals surface area contributed by atoms with E-state index in [2.05, 4.69) is 23.4 Å². The van der Waals surface area contributed by atoms with E-state index in [4.69, 9.17) is 0 Å². The van der Waals surface area contributed by atoms with Crippen LogP contribution < -0.4 is 5.32 Å². The third-order valence-electron chi connectivity index (χ3n) is 2.63. The molecule has 1 aliphatic carbocycles. The van der Waals surface area contributed by atoms with Crippen molar-refractivity contribution in [3.63, 3.8) is 0 Å². The Morgan fingerprint density at radius 3 is 2.83 bits per heavy atom. The lowest BCUT2D eigenvalue weighted by molar-refractivity contribution is 0.331. The van der Waals surface area contributed by atoms with Crippen LogP contribution in [0, 0.1) is 5.92 Å². The second-order valence-corrected chi connectivity index (χ2v) is 3.52. The van der Waals surface area contributed by atoms with Gasteiger partial charge in [-0.05, 0) is 19.4 Å². The standard InChI is InChI=1S/C10H20N2/c1-3-12-10-7-5-4-6-9(10)8-11-2/h8-10,12H,3-7H2,1-2H3/t9?,10-/m0/s1. The van der Waals surface area contributed by atoms with Gasteiger partial charge in [-0.1, -0.05) is 19.8 Å². The lowest BCUT2D eigenvalue weighted by Crippen LogP contribution is -2.39. The minimum Gasteiger partial charge on any atom is -0.314 e. The van der Waals surface area contributed by atoms with Crippen LogP contribution in [0.2, 0.25) is 0 Å². The lowest BCUT2D eigenvalue weighted by atomic mass is 9.85. The molecule has 1 fully saturated rings. The Balaban J connectivity index is 2.42. The minimum atomic E-state index is 0.684. The highest BCUT2D eigenvalue weighted by Gasteiger charge is 2.21. The van der Waals surface area contributed by atoms with Crippen molar-refractivity contribution >= 4 is 6.21 Å². The zero-order chi connectivity index (χ0) is 8.81. The number of hydrogen-bond donors (Lipinski definition) is 1. The van der Waals surface area contributed by atoms with Crippen LogP contribution in [0.15, 0.2) is 4.99 Å². The summed E-state index contributed by atoms with van der Waals surface area (Å²) in [5.41, 5.74) is 0. The second-order valence-electron chi connectivity index (χ2n) is 3.52.